The lowest BCUT2D eigenvalue weighted by Gasteiger charge is -1.81. The highest BCUT2D eigenvalue weighted by atomic mass is 32.2. The van der Waals surface area contributed by atoms with Crippen molar-refractivity contribution in [3.8, 4) is 0 Å². The molecule has 0 aliphatic carbocycles. The number of rotatable bonds is 0. The quantitative estimate of drug-likeness (QED) is 0.497. The molecule has 48 valence electrons. The van der Waals surface area contributed by atoms with Crippen LogP contribution in [0.5, 0.6) is 0 Å². The molecule has 0 spiro atoms. The highest BCUT2D eigenvalue weighted by Gasteiger charge is 1.97. The van der Waals surface area contributed by atoms with E-state index < -0.39 is 10.5 Å². The predicted molar refractivity (Wildman–Crippen MR) is 29.3 cm³/mol. The fourth-order valence-electron chi connectivity index (χ4n) is 0.0991. The molecule has 0 heterocycles. The minimum Gasteiger partial charge on any atom is -0.360 e. The van der Waals surface area contributed by atoms with Crippen molar-refractivity contribution in [1.29, 1.82) is 0 Å². The lowest BCUT2D eigenvalue weighted by molar-refractivity contribution is 0.264. The van der Waals surface area contributed by atoms with Crippen LogP contribution in [0, 0.1) is 0 Å². The van der Waals surface area contributed by atoms with Crippen LogP contribution in [0.4, 0.5) is 14.3 Å². The molecule has 0 unspecified atom stereocenters. The van der Waals surface area contributed by atoms with E-state index in [1.54, 1.807) is 0 Å². The molecule has 0 bridgehead atoms. The van der Waals surface area contributed by atoms with Crippen LogP contribution in [0.3, 0.4) is 0 Å². The van der Waals surface area contributed by atoms with Crippen LogP contribution < -0.4 is 11.5 Å². The molecule has 8 heavy (non-hydrogen) atoms. The number of thioether (sulfide) groups is 1. The molecule has 0 aliphatic heterocycles. The van der Waals surface area contributed by atoms with Gasteiger partial charge in [-0.05, 0) is 0 Å². The molecule has 0 aromatic rings. The molecule has 0 aromatic heterocycles. The van der Waals surface area contributed by atoms with Crippen LogP contribution in [-0.2, 0) is 0 Å². The second kappa shape index (κ2) is 4.38. The molecule has 0 saturated heterocycles. The highest BCUT2D eigenvalue weighted by Crippen LogP contribution is 1.95. The smallest absolute Gasteiger partial charge is 0.285 e. The van der Waals surface area contributed by atoms with E-state index in [0.29, 0.717) is 0 Å². The Balaban J connectivity index is 0. The topological polar surface area (TPSA) is 86.2 Å². The fourth-order valence-corrected chi connectivity index (χ4v) is 0.297. The Labute approximate surface area is 49.0 Å². The number of carbonyl (C=O) groups excluding carboxylic acids is 2. The number of hydrogen-bond donors (Lipinski definition) is 2. The van der Waals surface area contributed by atoms with Gasteiger partial charge in [0.25, 0.3) is 10.5 Å². The van der Waals surface area contributed by atoms with Crippen molar-refractivity contribution in [1.82, 2.24) is 0 Å². The number of hydrogen-bond acceptors (Lipinski definition) is 3. The summed E-state index contributed by atoms with van der Waals surface area (Å²) in [5, 5.41) is -1.54. The third kappa shape index (κ3) is 8.97. The summed E-state index contributed by atoms with van der Waals surface area (Å²) in [5.74, 6) is 0. The van der Waals surface area contributed by atoms with E-state index in [0.717, 1.165) is 0 Å². The minimum absolute atomic E-state index is 0. The lowest BCUT2D eigenvalue weighted by atomic mass is 11.4. The molecule has 6 heteroatoms. The number of amides is 2. The average Bonchev–Trinajstić information content (AvgIpc) is 1.27. The van der Waals surface area contributed by atoms with Gasteiger partial charge in [-0.15, -0.1) is 0 Å². The summed E-state index contributed by atoms with van der Waals surface area (Å²) in [6, 6.07) is 0. The second-order valence-corrected chi connectivity index (χ2v) is 1.75. The van der Waals surface area contributed by atoms with Gasteiger partial charge in [0.1, 0.15) is 0 Å². The standard InChI is InChI=1S/C2H4N2O2S.FH/c3-1(5)7-2(4)6;/h(H2,3,5)(H2,4,6);1H. The molecule has 0 aromatic carbocycles. The van der Waals surface area contributed by atoms with Crippen molar-refractivity contribution in [2.24, 2.45) is 11.5 Å². The Kier molecular flexibility index (Phi) is 5.61. The van der Waals surface area contributed by atoms with Crippen LogP contribution >= 0.6 is 11.8 Å². The summed E-state index contributed by atoms with van der Waals surface area (Å²) in [6.45, 7) is 0. The number of halogens is 1. The SMILES string of the molecule is F.NC(=O)SC(N)=O. The molecule has 0 atom stereocenters. The van der Waals surface area contributed by atoms with E-state index in [-0.39, 0.29) is 16.5 Å². The summed E-state index contributed by atoms with van der Waals surface area (Å²) < 4.78 is 0. The van der Waals surface area contributed by atoms with Gasteiger partial charge < -0.3 is 11.5 Å². The Bertz CT molecular complexity index is 94.2. The van der Waals surface area contributed by atoms with Gasteiger partial charge >= 0.3 is 0 Å². The third-order valence-electron chi connectivity index (χ3n) is 0.201. The zero-order chi connectivity index (χ0) is 5.86. The molecular formula is C2H5FN2O2S. The van der Waals surface area contributed by atoms with Crippen molar-refractivity contribution < 1.29 is 14.3 Å². The van der Waals surface area contributed by atoms with Gasteiger partial charge in [0.15, 0.2) is 0 Å². The Morgan fingerprint density at radius 1 is 1.12 bits per heavy atom. The van der Waals surface area contributed by atoms with Crippen LogP contribution in [-0.4, -0.2) is 10.5 Å². The summed E-state index contributed by atoms with van der Waals surface area (Å²) in [7, 11) is 0. The van der Waals surface area contributed by atoms with Crippen LogP contribution in [0.1, 0.15) is 0 Å². The first-order valence-electron chi connectivity index (χ1n) is 1.39. The number of nitrogens with two attached hydrogens (primary N) is 2. The highest BCUT2D eigenvalue weighted by molar-refractivity contribution is 8.25. The molecule has 0 radical (unpaired) electrons. The van der Waals surface area contributed by atoms with Gasteiger partial charge in [0.2, 0.25) is 0 Å². The Morgan fingerprint density at radius 3 is 1.38 bits per heavy atom. The maximum absolute atomic E-state index is 9.69. The second-order valence-electron chi connectivity index (χ2n) is 0.740. The molecule has 2 amide bonds. The zero-order valence-electron chi connectivity index (χ0n) is 3.79. The summed E-state index contributed by atoms with van der Waals surface area (Å²) in [5.41, 5.74) is 9.03. The zero-order valence-corrected chi connectivity index (χ0v) is 4.60. The van der Waals surface area contributed by atoms with Crippen molar-refractivity contribution in [2.45, 2.75) is 0 Å². The number of carbonyl (C=O) groups is 2. The van der Waals surface area contributed by atoms with Crippen LogP contribution in [0.2, 0.25) is 0 Å². The van der Waals surface area contributed by atoms with Gasteiger partial charge in [-0.1, -0.05) is 0 Å². The summed E-state index contributed by atoms with van der Waals surface area (Å²) >= 11 is 0.287. The van der Waals surface area contributed by atoms with Crippen molar-refractivity contribution in [2.75, 3.05) is 0 Å². The maximum atomic E-state index is 9.69. The monoisotopic (exact) mass is 140 g/mol. The van der Waals surface area contributed by atoms with Gasteiger partial charge in [-0.3, -0.25) is 14.3 Å². The van der Waals surface area contributed by atoms with E-state index in [1.807, 2.05) is 0 Å². The fraction of sp³-hybridized carbons (Fsp3) is 0. The molecule has 0 saturated carbocycles. The molecule has 0 aliphatic rings. The molecule has 0 rings (SSSR count). The maximum Gasteiger partial charge on any atom is 0.285 e. The van der Waals surface area contributed by atoms with E-state index >= 15 is 0 Å². The van der Waals surface area contributed by atoms with Gasteiger partial charge in [0.05, 0.1) is 0 Å². The molecule has 0 fully saturated rings. The molecule has 4 N–H and O–H groups in total. The first-order chi connectivity index (χ1) is 3.13. The average molecular weight is 140 g/mol. The predicted octanol–water partition coefficient (Wildman–Crippen LogP) is 0.0295. The van der Waals surface area contributed by atoms with E-state index in [9.17, 15) is 9.59 Å². The summed E-state index contributed by atoms with van der Waals surface area (Å²) in [4.78, 5) is 19.4. The van der Waals surface area contributed by atoms with Gasteiger partial charge in [0, 0.05) is 11.8 Å². The van der Waals surface area contributed by atoms with E-state index in [4.69, 9.17) is 0 Å². The van der Waals surface area contributed by atoms with Crippen LogP contribution in [0.25, 0.3) is 0 Å². The van der Waals surface area contributed by atoms with Crippen molar-refractivity contribution in [3.05, 3.63) is 0 Å². The lowest BCUT2D eigenvalue weighted by Crippen LogP contribution is -2.11. The first-order valence-corrected chi connectivity index (χ1v) is 2.21. The van der Waals surface area contributed by atoms with E-state index in [1.165, 1.54) is 0 Å². The van der Waals surface area contributed by atoms with Gasteiger partial charge in [-0.2, -0.15) is 0 Å². The van der Waals surface area contributed by atoms with Gasteiger partial charge in [-0.25, -0.2) is 0 Å². The normalized spacial score (nSPS) is 7.00. The number of primary amides is 2. The van der Waals surface area contributed by atoms with Crippen molar-refractivity contribution >= 4 is 22.2 Å². The molecular weight excluding hydrogens is 135 g/mol. The summed E-state index contributed by atoms with van der Waals surface area (Å²) in [6.07, 6.45) is 0. The molecule has 4 nitrogen and oxygen atoms in total. The van der Waals surface area contributed by atoms with Crippen LogP contribution in [0.15, 0.2) is 0 Å². The Morgan fingerprint density at radius 2 is 1.38 bits per heavy atom. The Hall–Kier alpha value is -0.780. The van der Waals surface area contributed by atoms with E-state index in [2.05, 4.69) is 11.5 Å². The van der Waals surface area contributed by atoms with Crippen molar-refractivity contribution in [3.63, 3.8) is 0 Å². The minimum atomic E-state index is -0.771. The third-order valence-corrected chi connectivity index (χ3v) is 0.604. The largest absolute Gasteiger partial charge is 0.360 e. The first kappa shape index (κ1) is 10.3.